The third-order valence-electron chi connectivity index (χ3n) is 3.83. The molecule has 2 fully saturated rings. The molecule has 1 N–H and O–H groups in total. The van der Waals surface area contributed by atoms with Crippen LogP contribution in [0.1, 0.15) is 33.6 Å². The molecule has 4 heteroatoms. The van der Waals surface area contributed by atoms with Crippen LogP contribution in [0.5, 0.6) is 0 Å². The first-order valence-electron chi connectivity index (χ1n) is 7.31. The molecule has 104 valence electrons. The van der Waals surface area contributed by atoms with Gasteiger partial charge in [0.05, 0.1) is 0 Å². The standard InChI is InChI=1S/C14H27N3S/c1-11(2)13-10-18-14(16-13)15-8-12(3)9-17-6-4-5-7-17/h11-13H,4-10H2,1-3H3,(H,15,16)/t12?,13-/m1/s1. The minimum atomic E-state index is 0.614. The van der Waals surface area contributed by atoms with E-state index in [2.05, 4.69) is 31.0 Å². The summed E-state index contributed by atoms with van der Waals surface area (Å²) < 4.78 is 0. The van der Waals surface area contributed by atoms with Gasteiger partial charge in [0.1, 0.15) is 0 Å². The molecule has 0 aromatic heterocycles. The van der Waals surface area contributed by atoms with Gasteiger partial charge in [0.2, 0.25) is 0 Å². The van der Waals surface area contributed by atoms with Gasteiger partial charge in [-0.15, -0.1) is 0 Å². The summed E-state index contributed by atoms with van der Waals surface area (Å²) in [6, 6.07) is 0.614. The number of amidine groups is 1. The van der Waals surface area contributed by atoms with Crippen molar-refractivity contribution in [3.8, 4) is 0 Å². The average molecular weight is 269 g/mol. The molecule has 1 unspecified atom stereocenters. The molecular formula is C14H27N3S. The first kappa shape index (κ1) is 14.2. The zero-order valence-electron chi connectivity index (χ0n) is 12.0. The molecule has 0 saturated carbocycles. The molecule has 0 radical (unpaired) electrons. The number of rotatable bonds is 5. The maximum absolute atomic E-state index is 4.74. The van der Waals surface area contributed by atoms with Gasteiger partial charge in [-0.1, -0.05) is 32.5 Å². The van der Waals surface area contributed by atoms with Crippen LogP contribution in [0, 0.1) is 11.8 Å². The second-order valence-electron chi connectivity index (χ2n) is 6.06. The maximum Gasteiger partial charge on any atom is 0.156 e. The molecule has 0 aliphatic carbocycles. The molecule has 0 aromatic rings. The maximum atomic E-state index is 4.74. The van der Waals surface area contributed by atoms with E-state index in [9.17, 15) is 0 Å². The Kier molecular flexibility index (Phi) is 5.37. The van der Waals surface area contributed by atoms with Crippen LogP contribution in [-0.2, 0) is 0 Å². The number of hydrogen-bond acceptors (Lipinski definition) is 3. The van der Waals surface area contributed by atoms with E-state index in [1.54, 1.807) is 0 Å². The molecule has 0 bridgehead atoms. The normalized spacial score (nSPS) is 29.1. The highest BCUT2D eigenvalue weighted by molar-refractivity contribution is 8.14. The van der Waals surface area contributed by atoms with Gasteiger partial charge in [-0.05, 0) is 37.8 Å². The largest absolute Gasteiger partial charge is 0.361 e. The summed E-state index contributed by atoms with van der Waals surface area (Å²) in [5.41, 5.74) is 0. The van der Waals surface area contributed by atoms with Gasteiger partial charge >= 0.3 is 0 Å². The van der Waals surface area contributed by atoms with Crippen molar-refractivity contribution in [2.24, 2.45) is 16.8 Å². The molecule has 2 rings (SSSR count). The van der Waals surface area contributed by atoms with Gasteiger partial charge in [0.25, 0.3) is 0 Å². The van der Waals surface area contributed by atoms with E-state index in [0.29, 0.717) is 17.9 Å². The lowest BCUT2D eigenvalue weighted by Gasteiger charge is -2.19. The fourth-order valence-corrected chi connectivity index (χ4v) is 3.77. The molecule has 2 aliphatic heterocycles. The Bertz CT molecular complexity index is 285. The molecule has 18 heavy (non-hydrogen) atoms. The van der Waals surface area contributed by atoms with Crippen molar-refractivity contribution in [2.45, 2.75) is 39.7 Å². The summed E-state index contributed by atoms with van der Waals surface area (Å²) in [5, 5.41) is 4.71. The Morgan fingerprint density at radius 1 is 1.33 bits per heavy atom. The zero-order chi connectivity index (χ0) is 13.0. The topological polar surface area (TPSA) is 27.6 Å². The van der Waals surface area contributed by atoms with Crippen LogP contribution >= 0.6 is 11.8 Å². The number of nitrogens with zero attached hydrogens (tertiary/aromatic N) is 2. The Morgan fingerprint density at radius 2 is 2.06 bits per heavy atom. The highest BCUT2D eigenvalue weighted by Crippen LogP contribution is 2.19. The predicted molar refractivity (Wildman–Crippen MR) is 81.4 cm³/mol. The quantitative estimate of drug-likeness (QED) is 0.831. The molecule has 3 nitrogen and oxygen atoms in total. The average Bonchev–Trinajstić information content (AvgIpc) is 2.96. The number of thioether (sulfide) groups is 1. The second kappa shape index (κ2) is 6.80. The van der Waals surface area contributed by atoms with Crippen molar-refractivity contribution in [3.63, 3.8) is 0 Å². The molecular weight excluding hydrogens is 242 g/mol. The van der Waals surface area contributed by atoms with Crippen LogP contribution in [0.15, 0.2) is 4.99 Å². The van der Waals surface area contributed by atoms with E-state index in [1.165, 1.54) is 43.4 Å². The van der Waals surface area contributed by atoms with Crippen molar-refractivity contribution in [3.05, 3.63) is 0 Å². The van der Waals surface area contributed by atoms with Gasteiger partial charge < -0.3 is 10.2 Å². The first-order chi connectivity index (χ1) is 8.65. The van der Waals surface area contributed by atoms with Crippen LogP contribution in [0.4, 0.5) is 0 Å². The number of aliphatic imine (C=N–C) groups is 1. The van der Waals surface area contributed by atoms with Crippen LogP contribution < -0.4 is 5.32 Å². The minimum Gasteiger partial charge on any atom is -0.361 e. The monoisotopic (exact) mass is 269 g/mol. The third-order valence-corrected chi connectivity index (χ3v) is 4.87. The Morgan fingerprint density at radius 3 is 2.67 bits per heavy atom. The summed E-state index contributed by atoms with van der Waals surface area (Å²) in [7, 11) is 0. The fourth-order valence-electron chi connectivity index (χ4n) is 2.56. The third kappa shape index (κ3) is 4.16. The molecule has 0 spiro atoms. The predicted octanol–water partition coefficient (Wildman–Crippen LogP) is 2.44. The summed E-state index contributed by atoms with van der Waals surface area (Å²) >= 11 is 1.89. The summed E-state index contributed by atoms with van der Waals surface area (Å²) in [6.45, 7) is 11.6. The van der Waals surface area contributed by atoms with E-state index >= 15 is 0 Å². The van der Waals surface area contributed by atoms with Crippen LogP contribution in [0.3, 0.4) is 0 Å². The summed E-state index contributed by atoms with van der Waals surface area (Å²) in [4.78, 5) is 7.32. The molecule has 2 heterocycles. The van der Waals surface area contributed by atoms with E-state index in [-0.39, 0.29) is 0 Å². The van der Waals surface area contributed by atoms with Crippen LogP contribution in [0.2, 0.25) is 0 Å². The smallest absolute Gasteiger partial charge is 0.156 e. The SMILES string of the molecule is CC(CN=C1N[C@@H](C(C)C)CS1)CN1CCCC1. The Balaban J connectivity index is 1.70. The Hall–Kier alpha value is -0.220. The number of hydrogen-bond donors (Lipinski definition) is 1. The van der Waals surface area contributed by atoms with E-state index in [4.69, 9.17) is 4.99 Å². The van der Waals surface area contributed by atoms with Gasteiger partial charge in [0, 0.05) is 24.9 Å². The fraction of sp³-hybridized carbons (Fsp3) is 0.929. The van der Waals surface area contributed by atoms with Crippen molar-refractivity contribution in [2.75, 3.05) is 31.9 Å². The first-order valence-corrected chi connectivity index (χ1v) is 8.30. The minimum absolute atomic E-state index is 0.614. The molecule has 2 aliphatic rings. The number of nitrogens with one attached hydrogen (secondary N) is 1. The highest BCUT2D eigenvalue weighted by atomic mass is 32.2. The summed E-state index contributed by atoms with van der Waals surface area (Å²) in [5.74, 6) is 2.56. The lowest BCUT2D eigenvalue weighted by atomic mass is 10.1. The molecule has 2 saturated heterocycles. The van der Waals surface area contributed by atoms with Crippen LogP contribution in [-0.4, -0.2) is 48.0 Å². The lowest BCUT2D eigenvalue weighted by molar-refractivity contribution is 0.291. The van der Waals surface area contributed by atoms with Crippen molar-refractivity contribution >= 4 is 16.9 Å². The van der Waals surface area contributed by atoms with Gasteiger partial charge in [-0.25, -0.2) is 0 Å². The molecule has 0 amide bonds. The highest BCUT2D eigenvalue weighted by Gasteiger charge is 2.23. The van der Waals surface area contributed by atoms with Gasteiger partial charge in [-0.2, -0.15) is 0 Å². The molecule has 0 aromatic carbocycles. The number of likely N-dealkylation sites (tertiary alicyclic amines) is 1. The second-order valence-corrected chi connectivity index (χ2v) is 7.07. The van der Waals surface area contributed by atoms with Crippen molar-refractivity contribution < 1.29 is 0 Å². The zero-order valence-corrected chi connectivity index (χ0v) is 12.8. The Labute approximate surface area is 116 Å². The van der Waals surface area contributed by atoms with Crippen LogP contribution in [0.25, 0.3) is 0 Å². The summed E-state index contributed by atoms with van der Waals surface area (Å²) in [6.07, 6.45) is 2.77. The van der Waals surface area contributed by atoms with Gasteiger partial charge in [-0.3, -0.25) is 4.99 Å². The van der Waals surface area contributed by atoms with Gasteiger partial charge in [0.15, 0.2) is 5.17 Å². The van der Waals surface area contributed by atoms with E-state index in [0.717, 1.165) is 6.54 Å². The van der Waals surface area contributed by atoms with Crippen molar-refractivity contribution in [1.82, 2.24) is 10.2 Å². The lowest BCUT2D eigenvalue weighted by Crippen LogP contribution is -2.32. The van der Waals surface area contributed by atoms with E-state index in [1.807, 2.05) is 11.8 Å². The van der Waals surface area contributed by atoms with Crippen molar-refractivity contribution in [1.29, 1.82) is 0 Å². The molecule has 2 atom stereocenters. The van der Waals surface area contributed by atoms with E-state index < -0.39 is 0 Å².